The topological polar surface area (TPSA) is 32.7 Å². The Balaban J connectivity index is 1.65. The number of rotatable bonds is 5. The lowest BCUT2D eigenvalue weighted by Crippen LogP contribution is -2.38. The van der Waals surface area contributed by atoms with Crippen LogP contribution in [0.2, 0.25) is 0 Å². The van der Waals surface area contributed by atoms with Gasteiger partial charge in [0.1, 0.15) is 0 Å². The van der Waals surface area contributed by atoms with Gasteiger partial charge in [-0.3, -0.25) is 4.79 Å². The summed E-state index contributed by atoms with van der Waals surface area (Å²) >= 11 is 1.66. The number of thiophene rings is 1. The van der Waals surface area contributed by atoms with E-state index in [1.54, 1.807) is 11.3 Å². The number of Topliss-reactive ketones (excluding diaryl/α,β-unsaturated/α-hetero) is 1. The van der Waals surface area contributed by atoms with Gasteiger partial charge in [-0.05, 0) is 29.6 Å². The Morgan fingerprint density at radius 3 is 2.27 bits per heavy atom. The van der Waals surface area contributed by atoms with Crippen molar-refractivity contribution in [3.63, 3.8) is 0 Å². The molecule has 0 aliphatic carbocycles. The van der Waals surface area contributed by atoms with Gasteiger partial charge < -0.3 is 4.90 Å². The number of para-hydroxylation sites is 2. The molecule has 0 spiro atoms. The lowest BCUT2D eigenvalue weighted by atomic mass is 9.93. The third kappa shape index (κ3) is 3.46. The molecule has 0 amide bonds. The van der Waals surface area contributed by atoms with E-state index in [4.69, 9.17) is 4.99 Å². The van der Waals surface area contributed by atoms with Crippen LogP contribution in [0.25, 0.3) is 0 Å². The number of ketones is 1. The largest absolute Gasteiger partial charge is 0.317 e. The molecule has 30 heavy (non-hydrogen) atoms. The standard InChI is InChI=1S/C26H20N2OS/c29-24(19-10-3-1-4-11-19)18-23-21-14-7-8-15-22(21)27-26(25-16-9-17-30-25)28(23)20-12-5-2-6-13-20/h1-17,23H,18H2. The zero-order valence-electron chi connectivity index (χ0n) is 16.3. The quantitative estimate of drug-likeness (QED) is 0.346. The summed E-state index contributed by atoms with van der Waals surface area (Å²) in [5, 5.41) is 2.06. The minimum absolute atomic E-state index is 0.128. The number of hydrogen-bond acceptors (Lipinski definition) is 4. The number of carbonyl (C=O) groups excluding carboxylic acids is 1. The summed E-state index contributed by atoms with van der Waals surface area (Å²) in [7, 11) is 0. The highest BCUT2D eigenvalue weighted by Crippen LogP contribution is 2.41. The van der Waals surface area contributed by atoms with Gasteiger partial charge in [-0.1, -0.05) is 72.8 Å². The molecular formula is C26H20N2OS. The Labute approximate surface area is 180 Å². The molecule has 1 aromatic heterocycles. The van der Waals surface area contributed by atoms with Gasteiger partial charge >= 0.3 is 0 Å². The first kappa shape index (κ1) is 18.5. The van der Waals surface area contributed by atoms with Crippen molar-refractivity contribution in [3.05, 3.63) is 118 Å². The number of fused-ring (bicyclic) bond motifs is 1. The summed E-state index contributed by atoms with van der Waals surface area (Å²) in [6.07, 6.45) is 0.375. The first-order chi connectivity index (χ1) is 14.8. The van der Waals surface area contributed by atoms with Crippen LogP contribution in [0.5, 0.6) is 0 Å². The molecule has 0 saturated heterocycles. The van der Waals surface area contributed by atoms with Crippen molar-refractivity contribution in [1.82, 2.24) is 0 Å². The first-order valence-electron chi connectivity index (χ1n) is 9.95. The van der Waals surface area contributed by atoms with Crippen LogP contribution < -0.4 is 4.90 Å². The lowest BCUT2D eigenvalue weighted by Gasteiger charge is -2.38. The van der Waals surface area contributed by atoms with E-state index >= 15 is 0 Å². The van der Waals surface area contributed by atoms with Crippen molar-refractivity contribution in [2.75, 3.05) is 4.90 Å². The molecule has 0 bridgehead atoms. The molecule has 5 rings (SSSR count). The Bertz CT molecular complexity index is 1180. The van der Waals surface area contributed by atoms with Crippen LogP contribution in [0.15, 0.2) is 107 Å². The van der Waals surface area contributed by atoms with E-state index in [9.17, 15) is 4.79 Å². The number of nitrogens with zero attached hydrogens (tertiary/aromatic N) is 2. The molecule has 0 fully saturated rings. The summed E-state index contributed by atoms with van der Waals surface area (Å²) in [5.74, 6) is 1.02. The highest BCUT2D eigenvalue weighted by atomic mass is 32.1. The van der Waals surface area contributed by atoms with Gasteiger partial charge in [-0.15, -0.1) is 11.3 Å². The van der Waals surface area contributed by atoms with E-state index in [0.29, 0.717) is 6.42 Å². The predicted octanol–water partition coefficient (Wildman–Crippen LogP) is 6.66. The Morgan fingerprint density at radius 1 is 0.833 bits per heavy atom. The number of anilines is 1. The minimum Gasteiger partial charge on any atom is -0.317 e. The fourth-order valence-electron chi connectivity index (χ4n) is 3.91. The van der Waals surface area contributed by atoms with Gasteiger partial charge in [0.15, 0.2) is 11.6 Å². The lowest BCUT2D eigenvalue weighted by molar-refractivity contribution is 0.0974. The molecule has 146 valence electrons. The molecule has 2 heterocycles. The predicted molar refractivity (Wildman–Crippen MR) is 124 cm³/mol. The average molecular weight is 409 g/mol. The molecular weight excluding hydrogens is 388 g/mol. The summed E-state index contributed by atoms with van der Waals surface area (Å²) < 4.78 is 0. The average Bonchev–Trinajstić information content (AvgIpc) is 3.35. The second-order valence-corrected chi connectivity index (χ2v) is 8.13. The van der Waals surface area contributed by atoms with Crippen LogP contribution in [-0.2, 0) is 0 Å². The SMILES string of the molecule is O=C(CC1c2ccccc2N=C(c2cccs2)N1c1ccccc1)c1ccccc1. The van der Waals surface area contributed by atoms with E-state index in [-0.39, 0.29) is 11.8 Å². The number of carbonyl (C=O) groups is 1. The number of aliphatic imine (C=N–C) groups is 1. The maximum atomic E-state index is 13.2. The van der Waals surface area contributed by atoms with E-state index in [1.807, 2.05) is 72.8 Å². The second-order valence-electron chi connectivity index (χ2n) is 7.19. The molecule has 3 nitrogen and oxygen atoms in total. The van der Waals surface area contributed by atoms with E-state index in [0.717, 1.165) is 33.2 Å². The number of hydrogen-bond donors (Lipinski definition) is 0. The summed E-state index contributed by atoms with van der Waals surface area (Å²) in [6.45, 7) is 0. The molecule has 1 aliphatic heterocycles. The van der Waals surface area contributed by atoms with Crippen LogP contribution in [0.4, 0.5) is 11.4 Å². The van der Waals surface area contributed by atoms with E-state index in [2.05, 4.69) is 34.5 Å². The maximum absolute atomic E-state index is 13.2. The van der Waals surface area contributed by atoms with Crippen molar-refractivity contribution >= 4 is 34.3 Å². The second kappa shape index (κ2) is 8.09. The van der Waals surface area contributed by atoms with Crippen molar-refractivity contribution in [1.29, 1.82) is 0 Å². The summed E-state index contributed by atoms with van der Waals surface area (Å²) in [6, 6.07) is 31.9. The fraction of sp³-hybridized carbons (Fsp3) is 0.0769. The molecule has 3 aromatic carbocycles. The Morgan fingerprint density at radius 2 is 1.53 bits per heavy atom. The third-order valence-electron chi connectivity index (χ3n) is 5.31. The van der Waals surface area contributed by atoms with Gasteiger partial charge in [0.25, 0.3) is 0 Å². The van der Waals surface area contributed by atoms with Crippen molar-refractivity contribution < 1.29 is 4.79 Å². The molecule has 0 N–H and O–H groups in total. The van der Waals surface area contributed by atoms with Gasteiger partial charge in [-0.2, -0.15) is 0 Å². The highest BCUT2D eigenvalue weighted by Gasteiger charge is 2.33. The fourth-order valence-corrected chi connectivity index (χ4v) is 4.63. The molecule has 0 radical (unpaired) electrons. The summed E-state index contributed by atoms with van der Waals surface area (Å²) in [4.78, 5) is 21.6. The maximum Gasteiger partial charge on any atom is 0.165 e. The third-order valence-corrected chi connectivity index (χ3v) is 6.18. The summed E-state index contributed by atoms with van der Waals surface area (Å²) in [5.41, 5.74) is 3.78. The van der Waals surface area contributed by atoms with Crippen molar-refractivity contribution in [3.8, 4) is 0 Å². The van der Waals surface area contributed by atoms with Crippen molar-refractivity contribution in [2.45, 2.75) is 12.5 Å². The first-order valence-corrected chi connectivity index (χ1v) is 10.8. The molecule has 0 saturated carbocycles. The van der Waals surface area contributed by atoms with Crippen LogP contribution >= 0.6 is 11.3 Å². The molecule has 1 unspecified atom stereocenters. The Hall–Kier alpha value is -3.50. The molecule has 4 heteroatoms. The van der Waals surface area contributed by atoms with E-state index < -0.39 is 0 Å². The van der Waals surface area contributed by atoms with Gasteiger partial charge in [0.05, 0.1) is 16.6 Å². The van der Waals surface area contributed by atoms with Crippen LogP contribution in [0, 0.1) is 0 Å². The normalized spacial score (nSPS) is 15.4. The monoisotopic (exact) mass is 408 g/mol. The van der Waals surface area contributed by atoms with Crippen LogP contribution in [0.1, 0.15) is 33.3 Å². The number of amidine groups is 1. The van der Waals surface area contributed by atoms with Gasteiger partial charge in [0.2, 0.25) is 0 Å². The number of benzene rings is 3. The van der Waals surface area contributed by atoms with E-state index in [1.165, 1.54) is 0 Å². The highest BCUT2D eigenvalue weighted by molar-refractivity contribution is 7.12. The van der Waals surface area contributed by atoms with Gasteiger partial charge in [-0.25, -0.2) is 4.99 Å². The van der Waals surface area contributed by atoms with Crippen LogP contribution in [-0.4, -0.2) is 11.6 Å². The van der Waals surface area contributed by atoms with Crippen LogP contribution in [0.3, 0.4) is 0 Å². The zero-order chi connectivity index (χ0) is 20.3. The molecule has 1 atom stereocenters. The Kier molecular flexibility index (Phi) is 4.99. The zero-order valence-corrected chi connectivity index (χ0v) is 17.1. The molecule has 4 aromatic rings. The molecule has 1 aliphatic rings. The minimum atomic E-state index is -0.133. The smallest absolute Gasteiger partial charge is 0.165 e. The van der Waals surface area contributed by atoms with Crippen molar-refractivity contribution in [2.24, 2.45) is 4.99 Å². The van der Waals surface area contributed by atoms with Gasteiger partial charge in [0, 0.05) is 23.2 Å².